The van der Waals surface area contributed by atoms with Crippen molar-refractivity contribution in [2.75, 3.05) is 5.32 Å². The maximum atomic E-state index is 13.5. The highest BCUT2D eigenvalue weighted by Gasteiger charge is 2.18. The molecule has 104 valence electrons. The summed E-state index contributed by atoms with van der Waals surface area (Å²) in [5.74, 6) is -2.04. The minimum atomic E-state index is -1.20. The van der Waals surface area contributed by atoms with E-state index >= 15 is 0 Å². The summed E-state index contributed by atoms with van der Waals surface area (Å²) >= 11 is 5.79. The predicted octanol–water partition coefficient (Wildman–Crippen LogP) is 4.14. The number of nitro benzene ring substituents is 1. The lowest BCUT2D eigenvalue weighted by molar-refractivity contribution is -0.387. The molecular weight excluding hydrogens is 290 g/mol. The van der Waals surface area contributed by atoms with E-state index in [1.807, 2.05) is 0 Å². The van der Waals surface area contributed by atoms with E-state index in [2.05, 4.69) is 5.32 Å². The molecule has 0 aliphatic rings. The van der Waals surface area contributed by atoms with Crippen molar-refractivity contribution in [3.8, 4) is 0 Å². The SMILES string of the molecule is O=[N+]([O-])c1cc(CNc2cccc(Cl)c2)c(F)cc1F. The van der Waals surface area contributed by atoms with Crippen LogP contribution in [0.3, 0.4) is 0 Å². The van der Waals surface area contributed by atoms with Gasteiger partial charge in [0.15, 0.2) is 0 Å². The number of benzene rings is 2. The largest absolute Gasteiger partial charge is 0.381 e. The van der Waals surface area contributed by atoms with Gasteiger partial charge >= 0.3 is 5.69 Å². The minimum absolute atomic E-state index is 0.00178. The molecule has 2 aromatic carbocycles. The zero-order valence-corrected chi connectivity index (χ0v) is 10.8. The van der Waals surface area contributed by atoms with Crippen LogP contribution >= 0.6 is 11.6 Å². The third-order valence-corrected chi connectivity index (χ3v) is 2.86. The van der Waals surface area contributed by atoms with E-state index in [1.165, 1.54) is 0 Å². The fraction of sp³-hybridized carbons (Fsp3) is 0.0769. The first kappa shape index (κ1) is 14.2. The van der Waals surface area contributed by atoms with Crippen LogP contribution in [-0.4, -0.2) is 4.92 Å². The topological polar surface area (TPSA) is 55.2 Å². The van der Waals surface area contributed by atoms with Crippen molar-refractivity contribution in [1.82, 2.24) is 0 Å². The summed E-state index contributed by atoms with van der Waals surface area (Å²) in [6.07, 6.45) is 0. The van der Waals surface area contributed by atoms with Crippen LogP contribution in [0.1, 0.15) is 5.56 Å². The van der Waals surface area contributed by atoms with Gasteiger partial charge in [0, 0.05) is 35.0 Å². The van der Waals surface area contributed by atoms with Crippen LogP contribution in [0, 0.1) is 21.7 Å². The lowest BCUT2D eigenvalue weighted by atomic mass is 10.1. The first-order valence-electron chi connectivity index (χ1n) is 5.59. The standard InChI is InChI=1S/C13H9ClF2N2O2/c14-9-2-1-3-10(5-9)17-7-8-4-13(18(19)20)12(16)6-11(8)15/h1-6,17H,7H2. The van der Waals surface area contributed by atoms with Gasteiger partial charge in [-0.25, -0.2) is 4.39 Å². The number of anilines is 1. The molecule has 0 aliphatic heterocycles. The minimum Gasteiger partial charge on any atom is -0.381 e. The highest BCUT2D eigenvalue weighted by molar-refractivity contribution is 6.30. The molecule has 0 saturated carbocycles. The van der Waals surface area contributed by atoms with E-state index in [9.17, 15) is 18.9 Å². The number of nitrogens with zero attached hydrogens (tertiary/aromatic N) is 1. The Morgan fingerprint density at radius 3 is 2.60 bits per heavy atom. The van der Waals surface area contributed by atoms with Gasteiger partial charge in [0.05, 0.1) is 4.92 Å². The number of hydrogen-bond donors (Lipinski definition) is 1. The molecule has 0 aliphatic carbocycles. The lowest BCUT2D eigenvalue weighted by Crippen LogP contribution is -2.04. The average Bonchev–Trinajstić information content (AvgIpc) is 2.37. The van der Waals surface area contributed by atoms with Crippen molar-refractivity contribution in [2.45, 2.75) is 6.54 Å². The normalized spacial score (nSPS) is 10.3. The fourth-order valence-electron chi connectivity index (χ4n) is 1.65. The molecule has 0 bridgehead atoms. The monoisotopic (exact) mass is 298 g/mol. The Labute approximate surface area is 118 Å². The summed E-state index contributed by atoms with van der Waals surface area (Å²) in [6, 6.07) is 8.10. The molecule has 4 nitrogen and oxygen atoms in total. The van der Waals surface area contributed by atoms with Crippen LogP contribution in [0.15, 0.2) is 36.4 Å². The van der Waals surface area contributed by atoms with E-state index in [4.69, 9.17) is 11.6 Å². The summed E-state index contributed by atoms with van der Waals surface area (Å²) in [6.45, 7) is -0.0205. The summed E-state index contributed by atoms with van der Waals surface area (Å²) in [4.78, 5) is 9.72. The van der Waals surface area contributed by atoms with Gasteiger partial charge in [-0.2, -0.15) is 4.39 Å². The van der Waals surface area contributed by atoms with E-state index in [0.29, 0.717) is 16.8 Å². The number of nitro groups is 1. The van der Waals surface area contributed by atoms with Gasteiger partial charge < -0.3 is 5.32 Å². The molecule has 0 heterocycles. The van der Waals surface area contributed by atoms with Crippen LogP contribution in [0.5, 0.6) is 0 Å². The average molecular weight is 299 g/mol. The molecule has 0 aromatic heterocycles. The second-order valence-corrected chi connectivity index (χ2v) is 4.45. The van der Waals surface area contributed by atoms with E-state index in [-0.39, 0.29) is 12.1 Å². The molecule has 7 heteroatoms. The first-order chi connectivity index (χ1) is 9.47. The van der Waals surface area contributed by atoms with Crippen molar-refractivity contribution in [1.29, 1.82) is 0 Å². The van der Waals surface area contributed by atoms with Crippen molar-refractivity contribution < 1.29 is 13.7 Å². The Hall–Kier alpha value is -2.21. The van der Waals surface area contributed by atoms with Gasteiger partial charge in [0.2, 0.25) is 5.82 Å². The van der Waals surface area contributed by atoms with E-state index < -0.39 is 22.2 Å². The van der Waals surface area contributed by atoms with Crippen LogP contribution in [-0.2, 0) is 6.54 Å². The van der Waals surface area contributed by atoms with Crippen molar-refractivity contribution in [2.24, 2.45) is 0 Å². The summed E-state index contributed by atoms with van der Waals surface area (Å²) in [5.41, 5.74) is -0.128. The molecule has 2 aromatic rings. The number of rotatable bonds is 4. The lowest BCUT2D eigenvalue weighted by Gasteiger charge is -2.08. The predicted molar refractivity (Wildman–Crippen MR) is 71.8 cm³/mol. The zero-order chi connectivity index (χ0) is 14.7. The second kappa shape index (κ2) is 5.83. The van der Waals surface area contributed by atoms with Crippen molar-refractivity contribution in [3.05, 3.63) is 68.7 Å². The Morgan fingerprint density at radius 1 is 1.20 bits per heavy atom. The van der Waals surface area contributed by atoms with Gasteiger partial charge in [0.25, 0.3) is 0 Å². The molecule has 0 atom stereocenters. The van der Waals surface area contributed by atoms with E-state index in [0.717, 1.165) is 6.07 Å². The van der Waals surface area contributed by atoms with Gasteiger partial charge in [-0.1, -0.05) is 17.7 Å². The molecule has 2 rings (SSSR count). The van der Waals surface area contributed by atoms with Crippen LogP contribution in [0.2, 0.25) is 5.02 Å². The van der Waals surface area contributed by atoms with Gasteiger partial charge in [0.1, 0.15) is 5.82 Å². The van der Waals surface area contributed by atoms with Crippen LogP contribution in [0.25, 0.3) is 0 Å². The number of hydrogen-bond acceptors (Lipinski definition) is 3. The molecule has 0 unspecified atom stereocenters. The molecule has 0 amide bonds. The summed E-state index contributed by atoms with van der Waals surface area (Å²) in [5, 5.41) is 14.0. The first-order valence-corrected chi connectivity index (χ1v) is 5.97. The quantitative estimate of drug-likeness (QED) is 0.682. The highest BCUT2D eigenvalue weighted by atomic mass is 35.5. The van der Waals surface area contributed by atoms with Crippen molar-refractivity contribution >= 4 is 23.0 Å². The van der Waals surface area contributed by atoms with Crippen LogP contribution < -0.4 is 5.32 Å². The smallest absolute Gasteiger partial charge is 0.305 e. The summed E-state index contributed by atoms with van der Waals surface area (Å²) < 4.78 is 26.7. The molecular formula is C13H9ClF2N2O2. The molecule has 0 radical (unpaired) electrons. The zero-order valence-electron chi connectivity index (χ0n) is 10.1. The Morgan fingerprint density at radius 2 is 1.95 bits per heavy atom. The van der Waals surface area contributed by atoms with Crippen LogP contribution in [0.4, 0.5) is 20.2 Å². The molecule has 20 heavy (non-hydrogen) atoms. The maximum absolute atomic E-state index is 13.5. The third-order valence-electron chi connectivity index (χ3n) is 2.62. The van der Waals surface area contributed by atoms with Gasteiger partial charge in [-0.05, 0) is 18.2 Å². The fourth-order valence-corrected chi connectivity index (χ4v) is 1.84. The Balaban J connectivity index is 2.21. The van der Waals surface area contributed by atoms with Gasteiger partial charge in [-0.3, -0.25) is 10.1 Å². The Bertz CT molecular complexity index is 665. The molecule has 1 N–H and O–H groups in total. The van der Waals surface area contributed by atoms with Gasteiger partial charge in [-0.15, -0.1) is 0 Å². The molecule has 0 spiro atoms. The molecule has 0 saturated heterocycles. The third kappa shape index (κ3) is 3.21. The molecule has 0 fully saturated rings. The number of nitrogens with one attached hydrogen (secondary N) is 1. The summed E-state index contributed by atoms with van der Waals surface area (Å²) in [7, 11) is 0. The van der Waals surface area contributed by atoms with Crippen molar-refractivity contribution in [3.63, 3.8) is 0 Å². The highest BCUT2D eigenvalue weighted by Crippen LogP contribution is 2.23. The van der Waals surface area contributed by atoms with E-state index in [1.54, 1.807) is 24.3 Å². The maximum Gasteiger partial charge on any atom is 0.305 e. The Kier molecular flexibility index (Phi) is 4.14. The second-order valence-electron chi connectivity index (χ2n) is 4.02. The number of halogens is 3.